The van der Waals surface area contributed by atoms with Crippen molar-refractivity contribution in [3.05, 3.63) is 45.5 Å². The molecule has 0 N–H and O–H groups in total. The molecule has 3 atom stereocenters. The molecule has 0 spiro atoms. The number of hydrogen-bond acceptors (Lipinski definition) is 2. The van der Waals surface area contributed by atoms with Crippen LogP contribution in [0.2, 0.25) is 5.02 Å². The lowest BCUT2D eigenvalue weighted by molar-refractivity contribution is 0.311. The topological polar surface area (TPSA) is 18.5 Å². The van der Waals surface area contributed by atoms with Gasteiger partial charge in [0.25, 0.3) is 0 Å². The van der Waals surface area contributed by atoms with Crippen molar-refractivity contribution in [1.82, 2.24) is 0 Å². The second-order valence-electron chi connectivity index (χ2n) is 7.47. The molecular formula is C21H26ClO2P. The molecule has 0 aromatic heterocycles. The number of halogens is 1. The summed E-state index contributed by atoms with van der Waals surface area (Å²) < 4.78 is 11.3. The first-order valence-electron chi connectivity index (χ1n) is 9.38. The minimum atomic E-state index is 0.591. The Labute approximate surface area is 157 Å². The minimum Gasteiger partial charge on any atom is -0.496 e. The second kappa shape index (κ2) is 7.33. The Bertz CT molecular complexity index is 737. The maximum Gasteiger partial charge on any atom is 0.141 e. The van der Waals surface area contributed by atoms with Gasteiger partial charge < -0.3 is 9.26 Å². The van der Waals surface area contributed by atoms with E-state index >= 15 is 0 Å². The Morgan fingerprint density at radius 1 is 1.16 bits per heavy atom. The van der Waals surface area contributed by atoms with Gasteiger partial charge in [0.2, 0.25) is 0 Å². The quantitative estimate of drug-likeness (QED) is 0.338. The van der Waals surface area contributed by atoms with E-state index in [0.717, 1.165) is 11.3 Å². The van der Waals surface area contributed by atoms with Gasteiger partial charge in [-0.15, -0.1) is 0 Å². The SMILES string of the molecule is COC(=C1C2CCCC1C1=C(CCCC1)C2)c1ccc(Cl)c(OP)c1. The van der Waals surface area contributed by atoms with Crippen LogP contribution in [0, 0.1) is 11.8 Å². The molecule has 0 amide bonds. The predicted octanol–water partition coefficient (Wildman–Crippen LogP) is 6.56. The normalized spacial score (nSPS) is 27.6. The summed E-state index contributed by atoms with van der Waals surface area (Å²) in [6.45, 7) is 0. The number of ether oxygens (including phenoxy) is 1. The highest BCUT2D eigenvalue weighted by Crippen LogP contribution is 2.53. The van der Waals surface area contributed by atoms with Crippen LogP contribution in [0.4, 0.5) is 0 Å². The molecule has 1 aromatic carbocycles. The molecule has 0 heterocycles. The molecule has 1 fully saturated rings. The Hall–Kier alpha value is -0.980. The Morgan fingerprint density at radius 3 is 2.80 bits per heavy atom. The van der Waals surface area contributed by atoms with Crippen molar-refractivity contribution in [2.45, 2.75) is 51.4 Å². The molecule has 1 saturated carbocycles. The number of rotatable bonds is 3. The molecule has 4 heteroatoms. The third kappa shape index (κ3) is 3.13. The molecule has 25 heavy (non-hydrogen) atoms. The number of fused-ring (bicyclic) bond motifs is 3. The fraction of sp³-hybridized carbons (Fsp3) is 0.524. The van der Waals surface area contributed by atoms with E-state index < -0.39 is 0 Å². The summed E-state index contributed by atoms with van der Waals surface area (Å²) in [5, 5.41) is 0.625. The Morgan fingerprint density at radius 2 is 2.00 bits per heavy atom. The number of allylic oxidation sites excluding steroid dienone is 3. The number of benzene rings is 1. The van der Waals surface area contributed by atoms with E-state index in [1.165, 1.54) is 56.9 Å². The largest absolute Gasteiger partial charge is 0.496 e. The number of methoxy groups -OCH3 is 1. The molecule has 4 rings (SSSR count). The first-order chi connectivity index (χ1) is 12.2. The third-order valence-corrected chi connectivity index (χ3v) is 6.76. The fourth-order valence-electron chi connectivity index (χ4n) is 5.16. The van der Waals surface area contributed by atoms with Crippen molar-refractivity contribution in [1.29, 1.82) is 0 Å². The average Bonchev–Trinajstić information content (AvgIpc) is 2.64. The van der Waals surface area contributed by atoms with Crippen molar-refractivity contribution in [2.24, 2.45) is 11.8 Å². The lowest BCUT2D eigenvalue weighted by atomic mass is 9.62. The van der Waals surface area contributed by atoms with E-state index in [9.17, 15) is 0 Å². The molecule has 134 valence electrons. The van der Waals surface area contributed by atoms with E-state index in [1.807, 2.05) is 12.1 Å². The predicted molar refractivity (Wildman–Crippen MR) is 107 cm³/mol. The van der Waals surface area contributed by atoms with Gasteiger partial charge in [0, 0.05) is 11.5 Å². The van der Waals surface area contributed by atoms with Crippen LogP contribution in [0.1, 0.15) is 56.9 Å². The van der Waals surface area contributed by atoms with Crippen molar-refractivity contribution in [3.8, 4) is 5.75 Å². The Balaban J connectivity index is 1.83. The summed E-state index contributed by atoms with van der Waals surface area (Å²) in [4.78, 5) is 0. The second-order valence-corrected chi connectivity index (χ2v) is 8.11. The molecule has 3 unspecified atom stereocenters. The van der Waals surface area contributed by atoms with E-state index in [0.29, 0.717) is 22.6 Å². The first kappa shape index (κ1) is 17.4. The van der Waals surface area contributed by atoms with Gasteiger partial charge in [-0.1, -0.05) is 29.2 Å². The van der Waals surface area contributed by atoms with E-state index in [1.54, 1.807) is 18.3 Å². The molecule has 0 radical (unpaired) electrons. The third-order valence-electron chi connectivity index (χ3n) is 6.19. The summed E-state index contributed by atoms with van der Waals surface area (Å²) in [7, 11) is 4.09. The summed E-state index contributed by atoms with van der Waals surface area (Å²) in [5.41, 5.74) is 6.12. The van der Waals surface area contributed by atoms with Crippen LogP contribution in [0.15, 0.2) is 34.9 Å². The first-order valence-corrected chi connectivity index (χ1v) is 10.2. The smallest absolute Gasteiger partial charge is 0.141 e. The maximum atomic E-state index is 6.21. The molecule has 0 saturated heterocycles. The van der Waals surface area contributed by atoms with Crippen molar-refractivity contribution >= 4 is 26.8 Å². The van der Waals surface area contributed by atoms with Crippen molar-refractivity contribution < 1.29 is 9.26 Å². The highest BCUT2D eigenvalue weighted by Gasteiger charge is 2.39. The van der Waals surface area contributed by atoms with Gasteiger partial charge in [-0.05, 0) is 74.6 Å². The molecule has 0 aliphatic heterocycles. The molecular weight excluding hydrogens is 351 g/mol. The zero-order valence-corrected chi connectivity index (χ0v) is 16.7. The monoisotopic (exact) mass is 376 g/mol. The van der Waals surface area contributed by atoms with Gasteiger partial charge in [-0.25, -0.2) is 0 Å². The van der Waals surface area contributed by atoms with Crippen molar-refractivity contribution in [3.63, 3.8) is 0 Å². The fourth-order valence-corrected chi connectivity index (χ4v) is 5.59. The van der Waals surface area contributed by atoms with Crippen LogP contribution >= 0.6 is 21.1 Å². The summed E-state index contributed by atoms with van der Waals surface area (Å²) in [6.07, 6.45) is 10.5. The van der Waals surface area contributed by atoms with Gasteiger partial charge in [-0.2, -0.15) is 0 Å². The van der Waals surface area contributed by atoms with Gasteiger partial charge in [0.05, 0.1) is 21.6 Å². The minimum absolute atomic E-state index is 0.591. The van der Waals surface area contributed by atoms with Crippen molar-refractivity contribution in [2.75, 3.05) is 7.11 Å². The average molecular weight is 377 g/mol. The van der Waals surface area contributed by atoms with Crippen LogP contribution in [-0.4, -0.2) is 7.11 Å². The molecule has 2 bridgehead atoms. The summed E-state index contributed by atoms with van der Waals surface area (Å²) >= 11 is 6.21. The molecule has 2 nitrogen and oxygen atoms in total. The summed E-state index contributed by atoms with van der Waals surface area (Å²) in [6, 6.07) is 5.96. The Kier molecular flexibility index (Phi) is 5.11. The lowest BCUT2D eigenvalue weighted by Gasteiger charge is -2.43. The maximum absolute atomic E-state index is 6.21. The molecule has 3 aliphatic rings. The van der Waals surface area contributed by atoms with E-state index in [-0.39, 0.29) is 0 Å². The molecule has 3 aliphatic carbocycles. The van der Waals surface area contributed by atoms with Crippen LogP contribution < -0.4 is 4.52 Å². The van der Waals surface area contributed by atoms with E-state index in [2.05, 4.69) is 15.5 Å². The van der Waals surface area contributed by atoms with Gasteiger partial charge in [0.1, 0.15) is 11.5 Å². The van der Waals surface area contributed by atoms with Crippen LogP contribution in [0.5, 0.6) is 5.75 Å². The molecule has 1 aromatic rings. The lowest BCUT2D eigenvalue weighted by Crippen LogP contribution is -2.30. The van der Waals surface area contributed by atoms with Gasteiger partial charge in [0.15, 0.2) is 0 Å². The highest BCUT2D eigenvalue weighted by molar-refractivity contribution is 7.10. The standard InChI is InChI=1S/C21H26ClO2P/c1-23-21(15-9-10-18(22)19(12-15)24-25)20-14-6-4-8-17(20)16-7-3-2-5-13(16)11-14/h9-10,12,14,17H,2-8,11,25H2,1H3. The highest BCUT2D eigenvalue weighted by atomic mass is 35.5. The van der Waals surface area contributed by atoms with Crippen LogP contribution in [0.3, 0.4) is 0 Å². The van der Waals surface area contributed by atoms with Gasteiger partial charge >= 0.3 is 0 Å². The zero-order valence-electron chi connectivity index (χ0n) is 14.8. The van der Waals surface area contributed by atoms with E-state index in [4.69, 9.17) is 20.9 Å². The zero-order chi connectivity index (χ0) is 17.4. The van der Waals surface area contributed by atoms with Crippen LogP contribution in [-0.2, 0) is 4.74 Å². The van der Waals surface area contributed by atoms with Gasteiger partial charge in [-0.3, -0.25) is 0 Å². The summed E-state index contributed by atoms with van der Waals surface area (Å²) in [5.74, 6) is 2.96. The van der Waals surface area contributed by atoms with Crippen LogP contribution in [0.25, 0.3) is 5.76 Å². The number of hydrogen-bond donors (Lipinski definition) is 0.